The molecule has 142 valence electrons. The van der Waals surface area contributed by atoms with E-state index >= 15 is 0 Å². The third-order valence-corrected chi connectivity index (χ3v) is 6.55. The zero-order chi connectivity index (χ0) is 18.9. The van der Waals surface area contributed by atoms with E-state index < -0.39 is 5.41 Å². The lowest BCUT2D eigenvalue weighted by atomic mass is 9.74. The van der Waals surface area contributed by atoms with Gasteiger partial charge < -0.3 is 9.80 Å². The zero-order valence-corrected chi connectivity index (χ0v) is 15.8. The first-order valence-corrected chi connectivity index (χ1v) is 10.2. The molecule has 1 aromatic carbocycles. The van der Waals surface area contributed by atoms with Gasteiger partial charge in [-0.25, -0.2) is 0 Å². The van der Waals surface area contributed by atoms with Crippen LogP contribution in [0.4, 0.5) is 0 Å². The first kappa shape index (κ1) is 18.0. The Labute approximate surface area is 160 Å². The van der Waals surface area contributed by atoms with E-state index in [2.05, 4.69) is 6.07 Å². The monoisotopic (exact) mass is 365 g/mol. The van der Waals surface area contributed by atoms with Crippen molar-refractivity contribution in [2.75, 3.05) is 26.2 Å². The Balaban J connectivity index is 1.32. The van der Waals surface area contributed by atoms with Gasteiger partial charge in [0.25, 0.3) is 0 Å². The third kappa shape index (κ3) is 3.58. The van der Waals surface area contributed by atoms with Crippen molar-refractivity contribution in [3.8, 4) is 6.07 Å². The van der Waals surface area contributed by atoms with Gasteiger partial charge in [-0.3, -0.25) is 9.59 Å². The molecule has 0 N–H and O–H groups in total. The number of carbonyl (C=O) groups is 2. The average Bonchev–Trinajstić information content (AvgIpc) is 3.59. The van der Waals surface area contributed by atoms with Crippen LogP contribution < -0.4 is 0 Å². The van der Waals surface area contributed by atoms with Crippen LogP contribution in [0.25, 0.3) is 0 Å². The van der Waals surface area contributed by atoms with E-state index in [4.69, 9.17) is 0 Å². The highest BCUT2D eigenvalue weighted by Gasteiger charge is 2.40. The first-order valence-electron chi connectivity index (χ1n) is 10.2. The van der Waals surface area contributed by atoms with Crippen molar-refractivity contribution in [1.82, 2.24) is 9.80 Å². The quantitative estimate of drug-likeness (QED) is 0.827. The molecule has 3 fully saturated rings. The van der Waals surface area contributed by atoms with Crippen molar-refractivity contribution < 1.29 is 9.59 Å². The maximum Gasteiger partial charge on any atom is 0.225 e. The van der Waals surface area contributed by atoms with Crippen molar-refractivity contribution in [3.63, 3.8) is 0 Å². The van der Waals surface area contributed by atoms with Crippen molar-refractivity contribution >= 4 is 11.8 Å². The van der Waals surface area contributed by atoms with Crippen LogP contribution in [-0.4, -0.2) is 47.8 Å². The van der Waals surface area contributed by atoms with Gasteiger partial charge in [-0.2, -0.15) is 5.26 Å². The molecule has 0 spiro atoms. The van der Waals surface area contributed by atoms with Gasteiger partial charge in [-0.1, -0.05) is 30.3 Å². The summed E-state index contributed by atoms with van der Waals surface area (Å²) < 4.78 is 0. The van der Waals surface area contributed by atoms with Gasteiger partial charge >= 0.3 is 0 Å². The van der Waals surface area contributed by atoms with Crippen LogP contribution >= 0.6 is 0 Å². The molecule has 0 bridgehead atoms. The molecule has 2 aliphatic heterocycles. The van der Waals surface area contributed by atoms with E-state index in [1.54, 1.807) is 0 Å². The first-order chi connectivity index (χ1) is 13.1. The molecule has 0 radical (unpaired) electrons. The van der Waals surface area contributed by atoms with E-state index in [1.165, 1.54) is 0 Å². The number of nitrogens with zero attached hydrogens (tertiary/aromatic N) is 3. The molecule has 5 heteroatoms. The number of carbonyl (C=O) groups excluding carboxylic acids is 2. The third-order valence-electron chi connectivity index (χ3n) is 6.55. The van der Waals surface area contributed by atoms with Gasteiger partial charge in [0.1, 0.15) is 0 Å². The van der Waals surface area contributed by atoms with Crippen LogP contribution in [0.2, 0.25) is 0 Å². The Morgan fingerprint density at radius 2 is 1.37 bits per heavy atom. The maximum atomic E-state index is 13.0. The second kappa shape index (κ2) is 7.34. The summed E-state index contributed by atoms with van der Waals surface area (Å²) in [5.41, 5.74) is 0.587. The SMILES string of the molecule is N#CC1(c2ccccc2)CCN(C(=O)C2CCN(C(=O)C3CC3)CC2)CC1. The summed E-state index contributed by atoms with van der Waals surface area (Å²) in [6.07, 6.45) is 5.00. The van der Waals surface area contributed by atoms with Gasteiger partial charge in [-0.05, 0) is 44.1 Å². The summed E-state index contributed by atoms with van der Waals surface area (Å²) in [6, 6.07) is 12.5. The summed E-state index contributed by atoms with van der Waals surface area (Å²) in [5.74, 6) is 0.796. The van der Waals surface area contributed by atoms with Gasteiger partial charge in [0.15, 0.2) is 0 Å². The summed E-state index contributed by atoms with van der Waals surface area (Å²) in [4.78, 5) is 29.0. The summed E-state index contributed by atoms with van der Waals surface area (Å²) >= 11 is 0. The van der Waals surface area contributed by atoms with E-state index in [9.17, 15) is 14.9 Å². The number of hydrogen-bond donors (Lipinski definition) is 0. The molecule has 0 aromatic heterocycles. The molecule has 27 heavy (non-hydrogen) atoms. The predicted octanol–water partition coefficient (Wildman–Crippen LogP) is 2.72. The Morgan fingerprint density at radius 3 is 1.89 bits per heavy atom. The molecule has 1 saturated carbocycles. The predicted molar refractivity (Wildman–Crippen MR) is 102 cm³/mol. The van der Waals surface area contributed by atoms with Crippen LogP contribution in [0, 0.1) is 23.2 Å². The number of hydrogen-bond acceptors (Lipinski definition) is 3. The Bertz CT molecular complexity index is 735. The van der Waals surface area contributed by atoms with Crippen LogP contribution in [0.5, 0.6) is 0 Å². The van der Waals surface area contributed by atoms with Crippen LogP contribution in [0.1, 0.15) is 44.1 Å². The Kier molecular flexibility index (Phi) is 4.90. The lowest BCUT2D eigenvalue weighted by molar-refractivity contribution is -0.142. The van der Waals surface area contributed by atoms with Gasteiger partial charge in [0, 0.05) is 38.0 Å². The molecule has 4 rings (SSSR count). The molecular formula is C22H27N3O2. The van der Waals surface area contributed by atoms with Crippen molar-refractivity contribution in [2.24, 2.45) is 11.8 Å². The normalized spacial score (nSPS) is 22.9. The minimum absolute atomic E-state index is 0.0274. The summed E-state index contributed by atoms with van der Waals surface area (Å²) in [7, 11) is 0. The van der Waals surface area contributed by atoms with Gasteiger partial charge in [0.2, 0.25) is 11.8 Å². The standard InChI is InChI=1S/C22H27N3O2/c23-16-22(19-4-2-1-3-5-19)10-14-25(15-11-22)21(27)18-8-12-24(13-9-18)20(26)17-6-7-17/h1-5,17-18H,6-15H2. The fourth-order valence-corrected chi connectivity index (χ4v) is 4.52. The van der Waals surface area contributed by atoms with Crippen molar-refractivity contribution in [3.05, 3.63) is 35.9 Å². The summed E-state index contributed by atoms with van der Waals surface area (Å²) in [6.45, 7) is 2.71. The van der Waals surface area contributed by atoms with E-state index in [0.717, 1.165) is 31.2 Å². The lowest BCUT2D eigenvalue weighted by Crippen LogP contribution is -2.49. The molecule has 0 unspecified atom stereocenters. The molecule has 1 aromatic rings. The number of amides is 2. The van der Waals surface area contributed by atoms with Crippen molar-refractivity contribution in [2.45, 2.75) is 43.9 Å². The average molecular weight is 365 g/mol. The van der Waals surface area contributed by atoms with E-state index in [0.29, 0.717) is 44.9 Å². The highest BCUT2D eigenvalue weighted by atomic mass is 16.2. The zero-order valence-electron chi connectivity index (χ0n) is 15.8. The van der Waals surface area contributed by atoms with Crippen LogP contribution in [0.15, 0.2) is 30.3 Å². The number of nitriles is 1. The fourth-order valence-electron chi connectivity index (χ4n) is 4.52. The topological polar surface area (TPSA) is 64.4 Å². The number of piperidine rings is 2. The van der Waals surface area contributed by atoms with Crippen LogP contribution in [0.3, 0.4) is 0 Å². The number of benzene rings is 1. The number of likely N-dealkylation sites (tertiary alicyclic amines) is 2. The Hall–Kier alpha value is -2.35. The molecule has 2 saturated heterocycles. The van der Waals surface area contributed by atoms with Crippen molar-refractivity contribution in [1.29, 1.82) is 5.26 Å². The highest BCUT2D eigenvalue weighted by Crippen LogP contribution is 2.36. The Morgan fingerprint density at radius 1 is 0.852 bits per heavy atom. The van der Waals surface area contributed by atoms with Crippen LogP contribution in [-0.2, 0) is 15.0 Å². The molecule has 1 aliphatic carbocycles. The molecule has 2 heterocycles. The second-order valence-electron chi connectivity index (χ2n) is 8.26. The van der Waals surface area contributed by atoms with E-state index in [-0.39, 0.29) is 17.7 Å². The van der Waals surface area contributed by atoms with Gasteiger partial charge in [0.05, 0.1) is 11.5 Å². The highest BCUT2D eigenvalue weighted by molar-refractivity contribution is 5.82. The lowest BCUT2D eigenvalue weighted by Gasteiger charge is -2.40. The molecule has 2 amide bonds. The molecule has 5 nitrogen and oxygen atoms in total. The maximum absolute atomic E-state index is 13.0. The molecule has 3 aliphatic rings. The minimum atomic E-state index is -0.474. The largest absolute Gasteiger partial charge is 0.342 e. The van der Waals surface area contributed by atoms with Gasteiger partial charge in [-0.15, -0.1) is 0 Å². The fraction of sp³-hybridized carbons (Fsp3) is 0.591. The summed E-state index contributed by atoms with van der Waals surface area (Å²) in [5, 5.41) is 9.81. The van der Waals surface area contributed by atoms with E-state index in [1.807, 2.05) is 40.1 Å². The smallest absolute Gasteiger partial charge is 0.225 e. The second-order valence-corrected chi connectivity index (χ2v) is 8.26. The minimum Gasteiger partial charge on any atom is -0.342 e. The number of rotatable bonds is 3. The molecular weight excluding hydrogens is 338 g/mol. The molecule has 0 atom stereocenters.